The van der Waals surface area contributed by atoms with Crippen molar-refractivity contribution in [2.75, 3.05) is 13.7 Å². The molecule has 3 heteroatoms. The molecule has 1 saturated heterocycles. The van der Waals surface area contributed by atoms with Crippen LogP contribution in [0.5, 0.6) is 0 Å². The Morgan fingerprint density at radius 2 is 1.87 bits per heavy atom. The van der Waals surface area contributed by atoms with E-state index in [-0.39, 0.29) is 12.0 Å². The topological polar surface area (TPSA) is 38.3 Å². The highest BCUT2D eigenvalue weighted by atomic mass is 16.5. The molecule has 1 saturated carbocycles. The molecule has 2 atom stereocenters. The van der Waals surface area contributed by atoms with Crippen LogP contribution in [0, 0.1) is 11.8 Å². The van der Waals surface area contributed by atoms with Crippen molar-refractivity contribution in [2.24, 2.45) is 11.8 Å². The fraction of sp³-hybridized carbons (Fsp3) is 0.917. The SMILES string of the molecule is COC(=O)C1CCC(CC2CC2)CCN1. The van der Waals surface area contributed by atoms with Gasteiger partial charge < -0.3 is 10.1 Å². The van der Waals surface area contributed by atoms with E-state index in [1.165, 1.54) is 39.2 Å². The van der Waals surface area contributed by atoms with Crippen LogP contribution >= 0.6 is 0 Å². The largest absolute Gasteiger partial charge is 0.468 e. The first kappa shape index (κ1) is 10.9. The molecule has 2 unspecified atom stereocenters. The van der Waals surface area contributed by atoms with Crippen molar-refractivity contribution >= 4 is 5.97 Å². The van der Waals surface area contributed by atoms with Crippen LogP contribution in [0.15, 0.2) is 0 Å². The van der Waals surface area contributed by atoms with Gasteiger partial charge in [-0.15, -0.1) is 0 Å². The number of methoxy groups -OCH3 is 1. The molecule has 0 aromatic carbocycles. The Morgan fingerprint density at radius 3 is 2.53 bits per heavy atom. The van der Waals surface area contributed by atoms with Crippen LogP contribution in [-0.4, -0.2) is 25.7 Å². The van der Waals surface area contributed by atoms with Gasteiger partial charge in [0, 0.05) is 0 Å². The van der Waals surface area contributed by atoms with Crippen molar-refractivity contribution in [3.05, 3.63) is 0 Å². The molecule has 2 aliphatic rings. The third-order valence-corrected chi connectivity index (χ3v) is 3.66. The zero-order valence-corrected chi connectivity index (χ0v) is 9.50. The maximum Gasteiger partial charge on any atom is 0.322 e. The highest BCUT2D eigenvalue weighted by Crippen LogP contribution is 2.38. The molecule has 0 amide bonds. The number of nitrogens with one attached hydrogen (secondary N) is 1. The Kier molecular flexibility index (Phi) is 3.62. The van der Waals surface area contributed by atoms with E-state index < -0.39 is 0 Å². The Bertz CT molecular complexity index is 226. The van der Waals surface area contributed by atoms with Crippen LogP contribution in [0.3, 0.4) is 0 Å². The maximum absolute atomic E-state index is 11.4. The number of rotatable bonds is 3. The molecule has 1 N–H and O–H groups in total. The first-order valence-electron chi connectivity index (χ1n) is 6.11. The third-order valence-electron chi connectivity index (χ3n) is 3.66. The fourth-order valence-corrected chi connectivity index (χ4v) is 2.51. The second-order valence-electron chi connectivity index (χ2n) is 4.94. The second-order valence-corrected chi connectivity index (χ2v) is 4.94. The van der Waals surface area contributed by atoms with Crippen molar-refractivity contribution in [1.29, 1.82) is 0 Å². The number of carbonyl (C=O) groups is 1. The minimum Gasteiger partial charge on any atom is -0.468 e. The van der Waals surface area contributed by atoms with Gasteiger partial charge in [0.25, 0.3) is 0 Å². The van der Waals surface area contributed by atoms with Gasteiger partial charge in [-0.1, -0.05) is 12.8 Å². The molecule has 0 bridgehead atoms. The zero-order valence-electron chi connectivity index (χ0n) is 9.50. The minimum absolute atomic E-state index is 0.0563. The Balaban J connectivity index is 1.77. The van der Waals surface area contributed by atoms with Crippen molar-refractivity contribution in [1.82, 2.24) is 5.32 Å². The summed E-state index contributed by atoms with van der Waals surface area (Å²) >= 11 is 0. The van der Waals surface area contributed by atoms with E-state index in [9.17, 15) is 4.79 Å². The third kappa shape index (κ3) is 3.20. The average molecular weight is 211 g/mol. The minimum atomic E-state index is -0.0953. The van der Waals surface area contributed by atoms with Crippen LogP contribution in [0.2, 0.25) is 0 Å². The Hall–Kier alpha value is -0.570. The van der Waals surface area contributed by atoms with E-state index in [2.05, 4.69) is 5.32 Å². The van der Waals surface area contributed by atoms with Crippen LogP contribution in [-0.2, 0) is 9.53 Å². The van der Waals surface area contributed by atoms with Crippen LogP contribution in [0.4, 0.5) is 0 Å². The summed E-state index contributed by atoms with van der Waals surface area (Å²) in [5, 5.41) is 3.28. The van der Waals surface area contributed by atoms with E-state index in [0.29, 0.717) is 0 Å². The summed E-state index contributed by atoms with van der Waals surface area (Å²) in [5.41, 5.74) is 0. The Labute approximate surface area is 91.6 Å². The lowest BCUT2D eigenvalue weighted by Crippen LogP contribution is -2.36. The smallest absolute Gasteiger partial charge is 0.322 e. The molecule has 0 spiro atoms. The summed E-state index contributed by atoms with van der Waals surface area (Å²) in [6.07, 6.45) is 7.61. The van der Waals surface area contributed by atoms with Gasteiger partial charge in [-0.05, 0) is 44.1 Å². The number of carbonyl (C=O) groups excluding carboxylic acids is 1. The average Bonchev–Trinajstić information content (AvgIpc) is 3.05. The molecule has 86 valence electrons. The van der Waals surface area contributed by atoms with E-state index >= 15 is 0 Å². The highest BCUT2D eigenvalue weighted by molar-refractivity contribution is 5.75. The summed E-state index contributed by atoms with van der Waals surface area (Å²) in [5.74, 6) is 1.74. The summed E-state index contributed by atoms with van der Waals surface area (Å²) < 4.78 is 4.77. The number of hydrogen-bond donors (Lipinski definition) is 1. The van der Waals surface area contributed by atoms with E-state index in [4.69, 9.17) is 4.74 Å². The summed E-state index contributed by atoms with van der Waals surface area (Å²) in [7, 11) is 1.47. The van der Waals surface area contributed by atoms with Crippen molar-refractivity contribution in [3.8, 4) is 0 Å². The standard InChI is InChI=1S/C12H21NO2/c1-15-12(14)11-5-4-10(6-7-13-11)8-9-2-3-9/h9-11,13H,2-8H2,1H3. The molecule has 1 heterocycles. The maximum atomic E-state index is 11.4. The molecule has 1 aliphatic carbocycles. The van der Waals surface area contributed by atoms with Gasteiger partial charge in [0.1, 0.15) is 6.04 Å². The summed E-state index contributed by atoms with van der Waals surface area (Å²) in [4.78, 5) is 11.4. The zero-order chi connectivity index (χ0) is 10.7. The van der Waals surface area contributed by atoms with Gasteiger partial charge in [-0.25, -0.2) is 0 Å². The summed E-state index contributed by atoms with van der Waals surface area (Å²) in [6.45, 7) is 0.969. The summed E-state index contributed by atoms with van der Waals surface area (Å²) in [6, 6.07) is -0.0563. The molecule has 1 aliphatic heterocycles. The molecule has 0 radical (unpaired) electrons. The molecule has 0 aromatic heterocycles. The predicted molar refractivity (Wildman–Crippen MR) is 58.5 cm³/mol. The molecule has 15 heavy (non-hydrogen) atoms. The van der Waals surface area contributed by atoms with E-state index in [1.54, 1.807) is 0 Å². The van der Waals surface area contributed by atoms with E-state index in [1.807, 2.05) is 0 Å². The quantitative estimate of drug-likeness (QED) is 0.722. The van der Waals surface area contributed by atoms with Crippen LogP contribution in [0.25, 0.3) is 0 Å². The lowest BCUT2D eigenvalue weighted by molar-refractivity contribution is -0.143. The van der Waals surface area contributed by atoms with Gasteiger partial charge in [0.15, 0.2) is 0 Å². The van der Waals surface area contributed by atoms with Gasteiger partial charge in [0.05, 0.1) is 7.11 Å². The second kappa shape index (κ2) is 4.97. The van der Waals surface area contributed by atoms with Crippen molar-refractivity contribution < 1.29 is 9.53 Å². The number of ether oxygens (including phenoxy) is 1. The van der Waals surface area contributed by atoms with Gasteiger partial charge in [-0.3, -0.25) is 4.79 Å². The van der Waals surface area contributed by atoms with E-state index in [0.717, 1.165) is 24.8 Å². The molecule has 3 nitrogen and oxygen atoms in total. The van der Waals surface area contributed by atoms with Gasteiger partial charge in [-0.2, -0.15) is 0 Å². The predicted octanol–water partition coefficient (Wildman–Crippen LogP) is 1.72. The fourth-order valence-electron chi connectivity index (χ4n) is 2.51. The van der Waals surface area contributed by atoms with Gasteiger partial charge in [0.2, 0.25) is 0 Å². The van der Waals surface area contributed by atoms with Gasteiger partial charge >= 0.3 is 5.97 Å². The molecule has 2 fully saturated rings. The van der Waals surface area contributed by atoms with Crippen LogP contribution < -0.4 is 5.32 Å². The number of hydrogen-bond acceptors (Lipinski definition) is 3. The van der Waals surface area contributed by atoms with Crippen molar-refractivity contribution in [3.63, 3.8) is 0 Å². The molecular formula is C12H21NO2. The first-order valence-corrected chi connectivity index (χ1v) is 6.11. The normalized spacial score (nSPS) is 32.1. The molecular weight excluding hydrogens is 190 g/mol. The molecule has 2 rings (SSSR count). The highest BCUT2D eigenvalue weighted by Gasteiger charge is 2.29. The monoisotopic (exact) mass is 211 g/mol. The number of esters is 1. The van der Waals surface area contributed by atoms with Crippen molar-refractivity contribution in [2.45, 2.75) is 44.6 Å². The lowest BCUT2D eigenvalue weighted by Gasteiger charge is -2.13. The first-order chi connectivity index (χ1) is 7.29. The Morgan fingerprint density at radius 1 is 1.20 bits per heavy atom. The lowest BCUT2D eigenvalue weighted by atomic mass is 9.93. The van der Waals surface area contributed by atoms with Crippen LogP contribution in [0.1, 0.15) is 38.5 Å². The molecule has 0 aromatic rings.